The van der Waals surface area contributed by atoms with Crippen LogP contribution in [0.3, 0.4) is 0 Å². The number of benzene rings is 1. The zero-order chi connectivity index (χ0) is 18.8. The molecule has 134 valence electrons. The summed E-state index contributed by atoms with van der Waals surface area (Å²) >= 11 is 0. The van der Waals surface area contributed by atoms with Gasteiger partial charge in [0.05, 0.1) is 12.1 Å². The second-order valence-corrected chi connectivity index (χ2v) is 5.80. The van der Waals surface area contributed by atoms with E-state index in [1.807, 2.05) is 30.3 Å². The maximum atomic E-state index is 12.6. The number of rotatable bonds is 4. The average molecular weight is 362 g/mol. The number of amides is 1. The van der Waals surface area contributed by atoms with Gasteiger partial charge in [0.25, 0.3) is 5.91 Å². The third-order valence-corrected chi connectivity index (χ3v) is 4.08. The van der Waals surface area contributed by atoms with Gasteiger partial charge in [-0.3, -0.25) is 9.36 Å². The van der Waals surface area contributed by atoms with Crippen molar-refractivity contribution in [2.24, 2.45) is 4.99 Å². The van der Waals surface area contributed by atoms with E-state index in [2.05, 4.69) is 15.0 Å². The number of aromatic carboxylic acids is 1. The van der Waals surface area contributed by atoms with E-state index in [0.717, 1.165) is 11.8 Å². The molecule has 2 N–H and O–H groups in total. The quantitative estimate of drug-likeness (QED) is 0.579. The molecule has 27 heavy (non-hydrogen) atoms. The molecule has 8 heteroatoms. The number of hydrogen-bond donors (Lipinski definition) is 2. The van der Waals surface area contributed by atoms with Crippen LogP contribution < -0.4 is 5.68 Å². The van der Waals surface area contributed by atoms with Gasteiger partial charge in [-0.15, -0.1) is 0 Å². The number of fused-ring (bicyclic) bond motifs is 1. The topological polar surface area (TPSA) is 113 Å². The summed E-state index contributed by atoms with van der Waals surface area (Å²) in [6.07, 6.45) is 4.21. The number of aromatic nitrogens is 3. The Hall–Kier alpha value is -3.94. The lowest BCUT2D eigenvalue weighted by Gasteiger charge is -2.04. The summed E-state index contributed by atoms with van der Waals surface area (Å²) in [6, 6.07) is 12.7. The SMILES string of the molecule is O=C(/N=c1/occ(C(=O)O)n1Cc1ccccc1)c1c[nH]c2ncccc12. The van der Waals surface area contributed by atoms with Crippen molar-refractivity contribution >= 4 is 22.9 Å². The molecule has 0 radical (unpaired) electrons. The molecular weight excluding hydrogens is 348 g/mol. The predicted molar refractivity (Wildman–Crippen MR) is 95.2 cm³/mol. The number of oxazole rings is 1. The second-order valence-electron chi connectivity index (χ2n) is 5.80. The number of carboxylic acids is 1. The lowest BCUT2D eigenvalue weighted by molar-refractivity contribution is 0.0684. The van der Waals surface area contributed by atoms with Crippen LogP contribution in [-0.2, 0) is 6.54 Å². The van der Waals surface area contributed by atoms with Gasteiger partial charge in [0.15, 0.2) is 5.69 Å². The van der Waals surface area contributed by atoms with Crippen LogP contribution in [0.2, 0.25) is 0 Å². The third-order valence-electron chi connectivity index (χ3n) is 4.08. The summed E-state index contributed by atoms with van der Waals surface area (Å²) in [5, 5.41) is 10.0. The molecule has 0 atom stereocenters. The van der Waals surface area contributed by atoms with Crippen molar-refractivity contribution in [1.29, 1.82) is 0 Å². The van der Waals surface area contributed by atoms with Crippen LogP contribution in [0.25, 0.3) is 11.0 Å². The highest BCUT2D eigenvalue weighted by atomic mass is 16.4. The molecule has 8 nitrogen and oxygen atoms in total. The van der Waals surface area contributed by atoms with Gasteiger partial charge in [0.2, 0.25) is 0 Å². The van der Waals surface area contributed by atoms with Gasteiger partial charge in [-0.2, -0.15) is 4.99 Å². The Balaban J connectivity index is 1.79. The average Bonchev–Trinajstić information content (AvgIpc) is 3.27. The fourth-order valence-corrected chi connectivity index (χ4v) is 2.79. The van der Waals surface area contributed by atoms with Gasteiger partial charge in [-0.05, 0) is 17.7 Å². The fourth-order valence-electron chi connectivity index (χ4n) is 2.79. The molecule has 0 aliphatic rings. The highest BCUT2D eigenvalue weighted by Gasteiger charge is 2.17. The van der Waals surface area contributed by atoms with E-state index in [0.29, 0.717) is 16.6 Å². The number of carboxylic acid groups (broad SMARTS) is 1. The van der Waals surface area contributed by atoms with Crippen LogP contribution in [0.1, 0.15) is 26.4 Å². The van der Waals surface area contributed by atoms with Gasteiger partial charge in [-0.25, -0.2) is 9.78 Å². The molecule has 1 amide bonds. The molecule has 4 aromatic rings. The molecular formula is C19H14N4O4. The van der Waals surface area contributed by atoms with Crippen molar-refractivity contribution < 1.29 is 19.1 Å². The normalized spacial score (nSPS) is 11.8. The number of pyridine rings is 1. The molecule has 0 saturated heterocycles. The standard InChI is InChI=1S/C19H14N4O4/c24-17(14-9-21-16-13(14)7-4-8-20-16)22-19-23(15(11-27-19)18(25)26)10-12-5-2-1-3-6-12/h1-9,11H,10H2,(H,20,21)(H,25,26)/b22-19+. The molecule has 3 aromatic heterocycles. The smallest absolute Gasteiger partial charge is 0.355 e. The molecule has 3 heterocycles. The first-order valence-corrected chi connectivity index (χ1v) is 8.10. The lowest BCUT2D eigenvalue weighted by atomic mass is 10.2. The maximum Gasteiger partial charge on any atom is 0.355 e. The van der Waals surface area contributed by atoms with E-state index in [1.165, 1.54) is 10.8 Å². The number of nitrogens with zero attached hydrogens (tertiary/aromatic N) is 3. The Morgan fingerprint density at radius 2 is 2.00 bits per heavy atom. The number of H-pyrrole nitrogens is 1. The summed E-state index contributed by atoms with van der Waals surface area (Å²) < 4.78 is 6.63. The minimum atomic E-state index is -1.17. The maximum absolute atomic E-state index is 12.6. The van der Waals surface area contributed by atoms with Crippen LogP contribution in [0.15, 0.2) is 70.5 Å². The molecule has 0 saturated carbocycles. The molecule has 0 spiro atoms. The van der Waals surface area contributed by atoms with E-state index in [9.17, 15) is 14.7 Å². The first kappa shape index (κ1) is 16.5. The van der Waals surface area contributed by atoms with Crippen molar-refractivity contribution in [2.75, 3.05) is 0 Å². The molecule has 0 aliphatic heterocycles. The Bertz CT molecular complexity index is 1200. The van der Waals surface area contributed by atoms with Gasteiger partial charge < -0.3 is 14.5 Å². The Morgan fingerprint density at radius 3 is 2.78 bits per heavy atom. The molecule has 0 aliphatic carbocycles. The molecule has 0 bridgehead atoms. The summed E-state index contributed by atoms with van der Waals surface area (Å²) in [5.74, 6) is -1.72. The lowest BCUT2D eigenvalue weighted by Crippen LogP contribution is -2.23. The first-order chi connectivity index (χ1) is 13.1. The Kier molecular flexibility index (Phi) is 4.13. The largest absolute Gasteiger partial charge is 0.476 e. The zero-order valence-electron chi connectivity index (χ0n) is 14.0. The van der Waals surface area contributed by atoms with Crippen molar-refractivity contribution in [3.05, 3.63) is 83.6 Å². The second kappa shape index (κ2) is 6.75. The third kappa shape index (κ3) is 3.15. The zero-order valence-corrected chi connectivity index (χ0v) is 14.0. The number of carbonyl (C=O) groups excluding carboxylic acids is 1. The van der Waals surface area contributed by atoms with E-state index in [1.54, 1.807) is 18.3 Å². The Labute approximate surface area is 152 Å². The van der Waals surface area contributed by atoms with Crippen LogP contribution in [-0.4, -0.2) is 31.5 Å². The Morgan fingerprint density at radius 1 is 1.19 bits per heavy atom. The summed E-state index contributed by atoms with van der Waals surface area (Å²) in [5.41, 5.74) is 1.58. The van der Waals surface area contributed by atoms with E-state index in [-0.39, 0.29) is 17.9 Å². The number of aromatic amines is 1. The highest BCUT2D eigenvalue weighted by Crippen LogP contribution is 2.16. The summed E-state index contributed by atoms with van der Waals surface area (Å²) in [4.78, 5) is 35.2. The highest BCUT2D eigenvalue weighted by molar-refractivity contribution is 6.06. The minimum Gasteiger partial charge on any atom is -0.476 e. The van der Waals surface area contributed by atoms with Crippen molar-refractivity contribution in [3.8, 4) is 0 Å². The van der Waals surface area contributed by atoms with Crippen molar-refractivity contribution in [3.63, 3.8) is 0 Å². The van der Waals surface area contributed by atoms with Crippen LogP contribution in [0.5, 0.6) is 0 Å². The monoisotopic (exact) mass is 362 g/mol. The van der Waals surface area contributed by atoms with Gasteiger partial charge in [-0.1, -0.05) is 30.3 Å². The van der Waals surface area contributed by atoms with E-state index in [4.69, 9.17) is 4.42 Å². The van der Waals surface area contributed by atoms with E-state index >= 15 is 0 Å². The van der Waals surface area contributed by atoms with Crippen molar-refractivity contribution in [2.45, 2.75) is 6.54 Å². The summed E-state index contributed by atoms with van der Waals surface area (Å²) in [6.45, 7) is 0.209. The number of nitrogens with one attached hydrogen (secondary N) is 1. The van der Waals surface area contributed by atoms with Crippen LogP contribution >= 0.6 is 0 Å². The van der Waals surface area contributed by atoms with Crippen LogP contribution in [0, 0.1) is 0 Å². The fraction of sp³-hybridized carbons (Fsp3) is 0.0526. The van der Waals surface area contributed by atoms with E-state index < -0.39 is 11.9 Å². The van der Waals surface area contributed by atoms with Gasteiger partial charge >= 0.3 is 11.7 Å². The molecule has 4 rings (SSSR count). The van der Waals surface area contributed by atoms with Gasteiger partial charge in [0.1, 0.15) is 11.9 Å². The minimum absolute atomic E-state index is 0.0838. The molecule has 0 fully saturated rings. The predicted octanol–water partition coefficient (Wildman–Crippen LogP) is 2.45. The van der Waals surface area contributed by atoms with Crippen molar-refractivity contribution in [1.82, 2.24) is 14.5 Å². The first-order valence-electron chi connectivity index (χ1n) is 8.10. The molecule has 1 aromatic carbocycles. The van der Waals surface area contributed by atoms with Crippen LogP contribution in [0.4, 0.5) is 0 Å². The van der Waals surface area contributed by atoms with Gasteiger partial charge in [0, 0.05) is 17.8 Å². The summed E-state index contributed by atoms with van der Waals surface area (Å²) in [7, 11) is 0. The number of carbonyl (C=O) groups is 2. The molecule has 0 unspecified atom stereocenters. The number of hydrogen-bond acceptors (Lipinski definition) is 4.